The van der Waals surface area contributed by atoms with Crippen molar-refractivity contribution in [3.05, 3.63) is 256 Å². The Bertz CT molecular complexity index is 3620. The summed E-state index contributed by atoms with van der Waals surface area (Å²) in [7, 11) is 0. The maximum Gasteiger partial charge on any atom is 0.159 e. The molecule has 4 heterocycles. The number of nitrogens with one attached hydrogen (secondary N) is 2. The minimum Gasteiger partial charge on any atom is -0.457 e. The van der Waals surface area contributed by atoms with E-state index in [0.717, 1.165) is 78.3 Å². The summed E-state index contributed by atoms with van der Waals surface area (Å²) in [5.74, 6) is 3.16. The number of ether oxygens (including phenoxy) is 1. The molecule has 3 aliphatic heterocycles. The Kier molecular flexibility index (Phi) is 7.63. The number of hydrogen-bond acceptors (Lipinski definition) is 6. The smallest absolute Gasteiger partial charge is 0.159 e. The third-order valence-electron chi connectivity index (χ3n) is 13.8. The zero-order chi connectivity index (χ0) is 42.6. The van der Waals surface area contributed by atoms with Crippen molar-refractivity contribution < 1.29 is 9.15 Å². The van der Waals surface area contributed by atoms with E-state index in [1.165, 1.54) is 38.9 Å². The van der Waals surface area contributed by atoms with Crippen LogP contribution in [-0.2, 0) is 5.41 Å². The SMILES string of the molecule is c1ccc(C2N=C(c3ccc4c(c3)-c3cc5c(cc3C(c3ccccc3)N4)-c3ccccc3C53c4ccccc4Oc4ccccc43)N=C(c3cccc4oc5ccccc5c34)N2)cc1. The summed E-state index contributed by atoms with van der Waals surface area (Å²) < 4.78 is 13.0. The number of para-hydroxylation sites is 3. The van der Waals surface area contributed by atoms with Crippen LogP contribution in [-0.4, -0.2) is 11.7 Å². The van der Waals surface area contributed by atoms with Gasteiger partial charge in [-0.1, -0.05) is 152 Å². The number of fused-ring (bicyclic) bond motifs is 15. The summed E-state index contributed by atoms with van der Waals surface area (Å²) in [6.45, 7) is 0. The van der Waals surface area contributed by atoms with Crippen molar-refractivity contribution in [3.63, 3.8) is 0 Å². The molecule has 6 heteroatoms. The highest BCUT2D eigenvalue weighted by atomic mass is 16.5. The summed E-state index contributed by atoms with van der Waals surface area (Å²) in [5.41, 5.74) is 17.0. The van der Waals surface area contributed by atoms with Crippen LogP contribution in [0.15, 0.2) is 221 Å². The summed E-state index contributed by atoms with van der Waals surface area (Å²) in [4.78, 5) is 10.7. The molecular formula is C59H38N4O2. The van der Waals surface area contributed by atoms with Crippen LogP contribution in [0.5, 0.6) is 11.5 Å². The molecule has 2 atom stereocenters. The monoisotopic (exact) mass is 834 g/mol. The number of rotatable bonds is 4. The number of benzene rings is 9. The van der Waals surface area contributed by atoms with Crippen LogP contribution in [0.2, 0.25) is 0 Å². The number of nitrogens with zero attached hydrogens (tertiary/aromatic N) is 2. The Balaban J connectivity index is 1.00. The third kappa shape index (κ3) is 5.22. The Morgan fingerprint density at radius 3 is 1.92 bits per heavy atom. The van der Waals surface area contributed by atoms with E-state index < -0.39 is 5.41 Å². The molecule has 0 saturated heterocycles. The van der Waals surface area contributed by atoms with Crippen molar-refractivity contribution in [1.29, 1.82) is 0 Å². The number of anilines is 1. The first-order valence-corrected chi connectivity index (χ1v) is 22.2. The quantitative estimate of drug-likeness (QED) is 0.185. The third-order valence-corrected chi connectivity index (χ3v) is 13.8. The molecular weight excluding hydrogens is 797 g/mol. The first-order valence-electron chi connectivity index (χ1n) is 22.2. The summed E-state index contributed by atoms with van der Waals surface area (Å²) in [6.07, 6.45) is -0.369. The lowest BCUT2D eigenvalue weighted by Crippen LogP contribution is -2.33. The lowest BCUT2D eigenvalue weighted by molar-refractivity contribution is 0.436. The van der Waals surface area contributed by atoms with Gasteiger partial charge in [-0.2, -0.15) is 0 Å². The molecule has 9 aromatic carbocycles. The lowest BCUT2D eigenvalue weighted by atomic mass is 9.65. The largest absolute Gasteiger partial charge is 0.457 e. The van der Waals surface area contributed by atoms with Gasteiger partial charge < -0.3 is 19.8 Å². The van der Waals surface area contributed by atoms with Crippen molar-refractivity contribution in [1.82, 2.24) is 5.32 Å². The van der Waals surface area contributed by atoms with Gasteiger partial charge in [-0.05, 0) is 99.1 Å². The molecule has 1 aromatic heterocycles. The van der Waals surface area contributed by atoms with E-state index in [9.17, 15) is 0 Å². The Morgan fingerprint density at radius 2 is 1.12 bits per heavy atom. The molecule has 2 N–H and O–H groups in total. The molecule has 10 aromatic rings. The summed E-state index contributed by atoms with van der Waals surface area (Å²) in [6, 6.07) is 73.2. The van der Waals surface area contributed by atoms with Crippen LogP contribution >= 0.6 is 0 Å². The van der Waals surface area contributed by atoms with Gasteiger partial charge in [-0.15, -0.1) is 0 Å². The van der Waals surface area contributed by atoms with Gasteiger partial charge in [0.15, 0.2) is 5.84 Å². The molecule has 0 radical (unpaired) electrons. The van der Waals surface area contributed by atoms with Crippen LogP contribution in [0.3, 0.4) is 0 Å². The average molecular weight is 835 g/mol. The highest BCUT2D eigenvalue weighted by molar-refractivity contribution is 6.22. The molecule has 0 amide bonds. The fraction of sp³-hybridized carbons (Fsp3) is 0.0508. The van der Waals surface area contributed by atoms with Gasteiger partial charge in [0.25, 0.3) is 0 Å². The van der Waals surface area contributed by atoms with Gasteiger partial charge in [0, 0.05) is 44.3 Å². The fourth-order valence-electron chi connectivity index (χ4n) is 11.1. The first-order chi connectivity index (χ1) is 32.2. The minimum atomic E-state index is -0.600. The maximum absolute atomic E-state index is 6.70. The molecule has 6 nitrogen and oxygen atoms in total. The van der Waals surface area contributed by atoms with Crippen molar-refractivity contribution in [2.75, 3.05) is 5.32 Å². The van der Waals surface area contributed by atoms with E-state index in [0.29, 0.717) is 5.84 Å². The van der Waals surface area contributed by atoms with Crippen molar-refractivity contribution in [2.24, 2.45) is 9.98 Å². The zero-order valence-corrected chi connectivity index (χ0v) is 35.0. The Labute approximate surface area is 375 Å². The molecule has 1 spiro atoms. The second-order valence-electron chi connectivity index (χ2n) is 17.3. The van der Waals surface area contributed by atoms with E-state index in [4.69, 9.17) is 19.1 Å². The molecule has 2 unspecified atom stereocenters. The number of aliphatic imine (C=N–C) groups is 2. The predicted octanol–water partition coefficient (Wildman–Crippen LogP) is 13.7. The van der Waals surface area contributed by atoms with Crippen LogP contribution < -0.4 is 15.4 Å². The predicted molar refractivity (Wildman–Crippen MR) is 260 cm³/mol. The van der Waals surface area contributed by atoms with Gasteiger partial charge in [0.1, 0.15) is 34.7 Å². The highest BCUT2D eigenvalue weighted by Crippen LogP contribution is 2.63. The van der Waals surface area contributed by atoms with Gasteiger partial charge in [-0.3, -0.25) is 0 Å². The van der Waals surface area contributed by atoms with Crippen molar-refractivity contribution in [3.8, 4) is 33.8 Å². The molecule has 4 aliphatic rings. The van der Waals surface area contributed by atoms with Crippen LogP contribution in [0.4, 0.5) is 5.69 Å². The van der Waals surface area contributed by atoms with Crippen molar-refractivity contribution >= 4 is 39.3 Å². The van der Waals surface area contributed by atoms with Gasteiger partial charge in [-0.25, -0.2) is 9.98 Å². The normalized spacial score (nSPS) is 17.0. The topological polar surface area (TPSA) is 71.2 Å². The van der Waals surface area contributed by atoms with Crippen LogP contribution in [0, 0.1) is 0 Å². The van der Waals surface area contributed by atoms with Crippen molar-refractivity contribution in [2.45, 2.75) is 17.6 Å². The zero-order valence-electron chi connectivity index (χ0n) is 35.0. The number of amidine groups is 2. The molecule has 65 heavy (non-hydrogen) atoms. The molecule has 0 saturated carbocycles. The minimum absolute atomic E-state index is 0.0820. The van der Waals surface area contributed by atoms with E-state index in [1.807, 2.05) is 30.3 Å². The molecule has 1 aliphatic carbocycles. The highest BCUT2D eigenvalue weighted by Gasteiger charge is 2.51. The molecule has 14 rings (SSSR count). The van der Waals surface area contributed by atoms with E-state index in [2.05, 4.69) is 187 Å². The van der Waals surface area contributed by atoms with Crippen LogP contribution in [0.25, 0.3) is 44.2 Å². The second-order valence-corrected chi connectivity index (χ2v) is 17.3. The number of furan rings is 1. The van der Waals surface area contributed by atoms with E-state index in [-0.39, 0.29) is 12.2 Å². The summed E-state index contributed by atoms with van der Waals surface area (Å²) >= 11 is 0. The van der Waals surface area contributed by atoms with E-state index in [1.54, 1.807) is 0 Å². The average Bonchev–Trinajstić information content (AvgIpc) is 3.89. The Hall–Kier alpha value is -8.48. The summed E-state index contributed by atoms with van der Waals surface area (Å²) in [5, 5.41) is 9.80. The standard InChI is InChI=1S/C59H38N4O2/c1-3-16-35(17-4-1)55-44-33-42-38-20-7-9-23-45(38)59(46-24-10-13-27-51(46)65-52-28-14-11-25-47(52)59)48(42)34-41(44)43-32-37(30-31-49(43)60-55)57-61-56(36-18-5-2-6-19-36)62-58(63-57)40-22-15-29-53-54(40)39-21-8-12-26-50(39)64-53/h1-34,55-56,60H,(H,61,62,63). The van der Waals surface area contributed by atoms with E-state index >= 15 is 0 Å². The molecule has 306 valence electrons. The lowest BCUT2D eigenvalue weighted by Gasteiger charge is -2.40. The van der Waals surface area contributed by atoms with Gasteiger partial charge >= 0.3 is 0 Å². The van der Waals surface area contributed by atoms with Crippen LogP contribution in [0.1, 0.15) is 62.3 Å². The first kappa shape index (κ1) is 36.0. The second kappa shape index (κ2) is 13.8. The Morgan fingerprint density at radius 1 is 0.462 bits per heavy atom. The fourth-order valence-corrected chi connectivity index (χ4v) is 11.1. The molecule has 0 bridgehead atoms. The van der Waals surface area contributed by atoms with Gasteiger partial charge in [0.05, 0.1) is 11.5 Å². The maximum atomic E-state index is 6.70. The van der Waals surface area contributed by atoms with Gasteiger partial charge in [0.2, 0.25) is 0 Å². The molecule has 0 fully saturated rings. The number of hydrogen-bond donors (Lipinski definition) is 2.